The molecule has 1 heterocycles. The second kappa shape index (κ2) is 5.19. The summed E-state index contributed by atoms with van der Waals surface area (Å²) in [5.41, 5.74) is 0.515. The normalized spacial score (nSPS) is 26.2. The van der Waals surface area contributed by atoms with E-state index in [0.29, 0.717) is 5.92 Å². The van der Waals surface area contributed by atoms with E-state index in [1.54, 1.807) is 6.20 Å². The van der Waals surface area contributed by atoms with Crippen molar-refractivity contribution in [2.75, 3.05) is 0 Å². The van der Waals surface area contributed by atoms with E-state index in [0.717, 1.165) is 18.5 Å². The van der Waals surface area contributed by atoms with Crippen molar-refractivity contribution in [1.29, 1.82) is 0 Å². The minimum absolute atomic E-state index is 0.0972. The number of aromatic nitrogens is 3. The molecular weight excluding hydrogens is 252 g/mol. The number of rotatable bonds is 3. The molecule has 1 aliphatic rings. The highest BCUT2D eigenvalue weighted by Gasteiger charge is 2.37. The Labute approximate surface area is 120 Å². The number of hydrogen-bond donors (Lipinski definition) is 2. The van der Waals surface area contributed by atoms with Gasteiger partial charge in [0.05, 0.1) is 11.7 Å². The molecule has 0 aromatic carbocycles. The molecule has 1 aromatic heterocycles. The standard InChI is InChI=1S/C15H26N4O/c1-10-6-11(8-14(2,3)7-10)13(20)17-15(4,5)12-9-16-19-18-12/h9-11H,6-8H2,1-5H3,(H,17,20)(H,16,18,19). The molecule has 1 aliphatic carbocycles. The molecule has 2 N–H and O–H groups in total. The minimum Gasteiger partial charge on any atom is -0.345 e. The van der Waals surface area contributed by atoms with E-state index in [1.807, 2.05) is 13.8 Å². The Morgan fingerprint density at radius 3 is 2.70 bits per heavy atom. The van der Waals surface area contributed by atoms with Gasteiger partial charge in [0.1, 0.15) is 5.69 Å². The van der Waals surface area contributed by atoms with Crippen LogP contribution < -0.4 is 5.32 Å². The van der Waals surface area contributed by atoms with Crippen LogP contribution in [-0.2, 0) is 10.3 Å². The molecule has 1 aromatic rings. The predicted molar refractivity (Wildman–Crippen MR) is 77.8 cm³/mol. The van der Waals surface area contributed by atoms with Gasteiger partial charge in [0.2, 0.25) is 5.91 Å². The molecule has 0 bridgehead atoms. The van der Waals surface area contributed by atoms with Crippen LogP contribution in [0.1, 0.15) is 59.6 Å². The lowest BCUT2D eigenvalue weighted by atomic mass is 9.67. The van der Waals surface area contributed by atoms with Crippen LogP contribution in [0.4, 0.5) is 0 Å². The highest BCUT2D eigenvalue weighted by atomic mass is 16.2. The van der Waals surface area contributed by atoms with Crippen LogP contribution in [-0.4, -0.2) is 21.3 Å². The first-order chi connectivity index (χ1) is 9.20. The number of H-pyrrole nitrogens is 1. The SMILES string of the molecule is CC1CC(C(=O)NC(C)(C)c2cn[nH]n2)CC(C)(C)C1. The zero-order valence-corrected chi connectivity index (χ0v) is 13.2. The highest BCUT2D eigenvalue weighted by Crippen LogP contribution is 2.41. The first-order valence-electron chi connectivity index (χ1n) is 7.38. The topological polar surface area (TPSA) is 70.7 Å². The Balaban J connectivity index is 2.05. The third-order valence-electron chi connectivity index (χ3n) is 4.25. The number of nitrogens with zero attached hydrogens (tertiary/aromatic N) is 2. The Bertz CT molecular complexity index is 464. The molecule has 0 spiro atoms. The monoisotopic (exact) mass is 278 g/mol. The molecule has 2 rings (SSSR count). The second-order valence-electron chi connectivity index (χ2n) is 7.58. The maximum absolute atomic E-state index is 12.6. The first-order valence-corrected chi connectivity index (χ1v) is 7.38. The zero-order chi connectivity index (χ0) is 15.0. The molecule has 20 heavy (non-hydrogen) atoms. The van der Waals surface area contributed by atoms with E-state index in [4.69, 9.17) is 0 Å². The molecule has 5 heteroatoms. The summed E-state index contributed by atoms with van der Waals surface area (Å²) in [5.74, 6) is 0.835. The van der Waals surface area contributed by atoms with E-state index in [-0.39, 0.29) is 17.2 Å². The fraction of sp³-hybridized carbons (Fsp3) is 0.800. The number of carbonyl (C=O) groups is 1. The number of carbonyl (C=O) groups excluding carboxylic acids is 1. The molecule has 2 atom stereocenters. The fourth-order valence-electron chi connectivity index (χ4n) is 3.52. The molecule has 1 saturated carbocycles. The number of amides is 1. The van der Waals surface area contributed by atoms with Crippen LogP contribution in [0.3, 0.4) is 0 Å². The lowest BCUT2D eigenvalue weighted by molar-refractivity contribution is -0.129. The van der Waals surface area contributed by atoms with Gasteiger partial charge in [-0.3, -0.25) is 4.79 Å². The number of nitrogens with one attached hydrogen (secondary N) is 2. The van der Waals surface area contributed by atoms with E-state index < -0.39 is 5.54 Å². The lowest BCUT2D eigenvalue weighted by Gasteiger charge is -2.39. The van der Waals surface area contributed by atoms with E-state index in [2.05, 4.69) is 41.5 Å². The zero-order valence-electron chi connectivity index (χ0n) is 13.2. The van der Waals surface area contributed by atoms with Gasteiger partial charge in [-0.25, -0.2) is 0 Å². The first kappa shape index (κ1) is 15.0. The van der Waals surface area contributed by atoms with Gasteiger partial charge in [-0.15, -0.1) is 0 Å². The summed E-state index contributed by atoms with van der Waals surface area (Å²) in [4.78, 5) is 12.6. The van der Waals surface area contributed by atoms with Gasteiger partial charge in [0.15, 0.2) is 0 Å². The Kier molecular flexibility index (Phi) is 3.89. The molecule has 2 unspecified atom stereocenters. The summed E-state index contributed by atoms with van der Waals surface area (Å²) in [7, 11) is 0. The molecule has 0 radical (unpaired) electrons. The second-order valence-corrected chi connectivity index (χ2v) is 7.58. The van der Waals surface area contributed by atoms with Crippen LogP contribution in [0, 0.1) is 17.3 Å². The highest BCUT2D eigenvalue weighted by molar-refractivity contribution is 5.79. The van der Waals surface area contributed by atoms with Crippen LogP contribution in [0.5, 0.6) is 0 Å². The van der Waals surface area contributed by atoms with E-state index in [9.17, 15) is 4.79 Å². The van der Waals surface area contributed by atoms with Crippen molar-refractivity contribution in [3.05, 3.63) is 11.9 Å². The van der Waals surface area contributed by atoms with Gasteiger partial charge in [-0.1, -0.05) is 20.8 Å². The third-order valence-corrected chi connectivity index (χ3v) is 4.25. The summed E-state index contributed by atoms with van der Waals surface area (Å²) < 4.78 is 0. The van der Waals surface area contributed by atoms with Crippen LogP contribution in [0.25, 0.3) is 0 Å². The summed E-state index contributed by atoms with van der Waals surface area (Å²) in [6.45, 7) is 10.7. The van der Waals surface area contributed by atoms with Gasteiger partial charge in [0, 0.05) is 5.92 Å². The maximum Gasteiger partial charge on any atom is 0.223 e. The molecule has 1 amide bonds. The van der Waals surface area contributed by atoms with Crippen molar-refractivity contribution < 1.29 is 4.79 Å². The van der Waals surface area contributed by atoms with E-state index in [1.165, 1.54) is 6.42 Å². The quantitative estimate of drug-likeness (QED) is 0.893. The molecule has 1 fully saturated rings. The smallest absolute Gasteiger partial charge is 0.223 e. The van der Waals surface area contributed by atoms with Crippen molar-refractivity contribution in [3.63, 3.8) is 0 Å². The molecular formula is C15H26N4O. The van der Waals surface area contributed by atoms with Crippen LogP contribution >= 0.6 is 0 Å². The molecule has 0 aliphatic heterocycles. The maximum atomic E-state index is 12.6. The van der Waals surface area contributed by atoms with Crippen molar-refractivity contribution in [1.82, 2.24) is 20.7 Å². The van der Waals surface area contributed by atoms with Crippen molar-refractivity contribution in [2.24, 2.45) is 17.3 Å². The van der Waals surface area contributed by atoms with Gasteiger partial charge in [-0.2, -0.15) is 15.4 Å². The number of aromatic amines is 1. The minimum atomic E-state index is -0.491. The summed E-state index contributed by atoms with van der Waals surface area (Å²) in [5, 5.41) is 13.6. The van der Waals surface area contributed by atoms with Gasteiger partial charge >= 0.3 is 0 Å². The molecule has 0 saturated heterocycles. The lowest BCUT2D eigenvalue weighted by Crippen LogP contribution is -2.46. The van der Waals surface area contributed by atoms with E-state index >= 15 is 0 Å². The predicted octanol–water partition coefficient (Wildman–Crippen LogP) is 2.62. The van der Waals surface area contributed by atoms with Crippen LogP contribution in [0.15, 0.2) is 6.20 Å². The molecule has 5 nitrogen and oxygen atoms in total. The Hall–Kier alpha value is -1.39. The van der Waals surface area contributed by atoms with Gasteiger partial charge in [-0.05, 0) is 44.4 Å². The fourth-order valence-corrected chi connectivity index (χ4v) is 3.52. The molecule has 112 valence electrons. The Morgan fingerprint density at radius 1 is 1.45 bits per heavy atom. The summed E-state index contributed by atoms with van der Waals surface area (Å²) in [6.07, 6.45) is 4.79. The van der Waals surface area contributed by atoms with Crippen molar-refractivity contribution in [3.8, 4) is 0 Å². The van der Waals surface area contributed by atoms with Crippen molar-refractivity contribution in [2.45, 2.75) is 59.4 Å². The largest absolute Gasteiger partial charge is 0.345 e. The summed E-state index contributed by atoms with van der Waals surface area (Å²) >= 11 is 0. The van der Waals surface area contributed by atoms with Gasteiger partial charge in [0.25, 0.3) is 0 Å². The average molecular weight is 278 g/mol. The van der Waals surface area contributed by atoms with Gasteiger partial charge < -0.3 is 5.32 Å². The van der Waals surface area contributed by atoms with Crippen molar-refractivity contribution >= 4 is 5.91 Å². The number of hydrogen-bond acceptors (Lipinski definition) is 3. The Morgan fingerprint density at radius 2 is 2.15 bits per heavy atom. The summed E-state index contributed by atoms with van der Waals surface area (Å²) in [6, 6.07) is 0. The van der Waals surface area contributed by atoms with Crippen LogP contribution in [0.2, 0.25) is 0 Å². The third kappa shape index (κ3) is 3.38. The average Bonchev–Trinajstić information content (AvgIpc) is 2.79.